The Kier molecular flexibility index (Phi) is 3.41. The van der Waals surface area contributed by atoms with E-state index in [2.05, 4.69) is 10.3 Å². The van der Waals surface area contributed by atoms with Crippen molar-refractivity contribution in [2.45, 2.75) is 19.4 Å². The third-order valence-corrected chi connectivity index (χ3v) is 1.98. The third-order valence-electron chi connectivity index (χ3n) is 1.98. The zero-order valence-electron chi connectivity index (χ0n) is 8.67. The molecule has 1 aromatic rings. The van der Waals surface area contributed by atoms with Gasteiger partial charge in [0.05, 0.1) is 23.7 Å². The van der Waals surface area contributed by atoms with E-state index in [1.165, 1.54) is 12.3 Å². The molecule has 0 unspecified atom stereocenters. The zero-order chi connectivity index (χ0) is 10.6. The Morgan fingerprint density at radius 1 is 1.50 bits per heavy atom. The Morgan fingerprint density at radius 2 is 2.21 bits per heavy atom. The Hall–Kier alpha value is -1.16. The third kappa shape index (κ3) is 3.30. The van der Waals surface area contributed by atoms with Gasteiger partial charge in [-0.3, -0.25) is 4.98 Å². The smallest absolute Gasteiger partial charge is 0.143 e. The van der Waals surface area contributed by atoms with E-state index in [0.717, 1.165) is 0 Å². The average molecular weight is 198 g/mol. The van der Waals surface area contributed by atoms with Crippen molar-refractivity contribution >= 4 is 5.69 Å². The highest BCUT2D eigenvalue weighted by Crippen LogP contribution is 2.11. The van der Waals surface area contributed by atoms with Crippen LogP contribution in [0.15, 0.2) is 18.5 Å². The van der Waals surface area contributed by atoms with Gasteiger partial charge in [0.15, 0.2) is 0 Å². The predicted octanol–water partition coefficient (Wildman–Crippen LogP) is 2.06. The summed E-state index contributed by atoms with van der Waals surface area (Å²) in [5.41, 5.74) is 0.391. The Bertz CT molecular complexity index is 302. The van der Waals surface area contributed by atoms with Crippen LogP contribution in [0.5, 0.6) is 0 Å². The highest BCUT2D eigenvalue weighted by atomic mass is 19.1. The molecule has 14 heavy (non-hydrogen) atoms. The van der Waals surface area contributed by atoms with Gasteiger partial charge in [0, 0.05) is 19.7 Å². The number of hydrogen-bond acceptors (Lipinski definition) is 3. The Labute approximate surface area is 83.3 Å². The number of methoxy groups -OCH3 is 1. The van der Waals surface area contributed by atoms with Crippen molar-refractivity contribution in [3.63, 3.8) is 0 Å². The minimum Gasteiger partial charge on any atom is -0.381 e. The predicted molar refractivity (Wildman–Crippen MR) is 53.8 cm³/mol. The maximum atomic E-state index is 12.7. The number of rotatable bonds is 4. The molecule has 0 saturated heterocycles. The van der Waals surface area contributed by atoms with Crippen molar-refractivity contribution in [3.8, 4) is 0 Å². The summed E-state index contributed by atoms with van der Waals surface area (Å²) in [5.74, 6) is -0.342. The summed E-state index contributed by atoms with van der Waals surface area (Å²) in [6.07, 6.45) is 2.75. The molecule has 4 heteroatoms. The van der Waals surface area contributed by atoms with Gasteiger partial charge in [-0.05, 0) is 13.8 Å². The van der Waals surface area contributed by atoms with E-state index in [1.807, 2.05) is 13.8 Å². The van der Waals surface area contributed by atoms with Gasteiger partial charge in [-0.25, -0.2) is 4.39 Å². The van der Waals surface area contributed by atoms with Crippen LogP contribution in [-0.4, -0.2) is 24.2 Å². The molecule has 0 aromatic carbocycles. The molecule has 78 valence electrons. The maximum Gasteiger partial charge on any atom is 0.143 e. The van der Waals surface area contributed by atoms with Gasteiger partial charge >= 0.3 is 0 Å². The lowest BCUT2D eigenvalue weighted by atomic mass is 10.1. The molecule has 0 bridgehead atoms. The van der Waals surface area contributed by atoms with E-state index in [9.17, 15) is 4.39 Å². The lowest BCUT2D eigenvalue weighted by molar-refractivity contribution is 0.0343. The van der Waals surface area contributed by atoms with Crippen molar-refractivity contribution in [2.75, 3.05) is 19.0 Å². The highest BCUT2D eigenvalue weighted by molar-refractivity contribution is 5.40. The number of ether oxygens (including phenoxy) is 1. The van der Waals surface area contributed by atoms with Crippen LogP contribution in [0, 0.1) is 5.82 Å². The van der Waals surface area contributed by atoms with Gasteiger partial charge in [0.1, 0.15) is 5.82 Å². The van der Waals surface area contributed by atoms with E-state index < -0.39 is 0 Å². The second-order valence-electron chi connectivity index (χ2n) is 3.71. The fraction of sp³-hybridized carbons (Fsp3) is 0.500. The van der Waals surface area contributed by atoms with E-state index in [-0.39, 0.29) is 11.4 Å². The molecule has 1 rings (SSSR count). The first kappa shape index (κ1) is 10.9. The topological polar surface area (TPSA) is 34.1 Å². The number of nitrogens with zero attached hydrogens (tertiary/aromatic N) is 1. The normalized spacial score (nSPS) is 11.4. The lowest BCUT2D eigenvalue weighted by Crippen LogP contribution is -2.32. The molecule has 0 aliphatic carbocycles. The number of anilines is 1. The quantitative estimate of drug-likeness (QED) is 0.804. The summed E-state index contributed by atoms with van der Waals surface area (Å²) in [7, 11) is 1.64. The molecular formula is C10H15FN2O. The van der Waals surface area contributed by atoms with Gasteiger partial charge < -0.3 is 10.1 Å². The monoisotopic (exact) mass is 198 g/mol. The van der Waals surface area contributed by atoms with Crippen molar-refractivity contribution in [1.82, 2.24) is 4.98 Å². The molecule has 0 spiro atoms. The van der Waals surface area contributed by atoms with Gasteiger partial charge in [0.2, 0.25) is 0 Å². The van der Waals surface area contributed by atoms with Crippen LogP contribution in [0.4, 0.5) is 10.1 Å². The number of aromatic nitrogens is 1. The minimum absolute atomic E-state index is 0.272. The Morgan fingerprint density at radius 3 is 2.79 bits per heavy atom. The lowest BCUT2D eigenvalue weighted by Gasteiger charge is -2.23. The number of hydrogen-bond donors (Lipinski definition) is 1. The summed E-state index contributed by atoms with van der Waals surface area (Å²) in [5, 5.41) is 3.05. The summed E-state index contributed by atoms with van der Waals surface area (Å²) in [6, 6.07) is 1.40. The summed E-state index contributed by atoms with van der Waals surface area (Å²) in [4.78, 5) is 3.73. The minimum atomic E-state index is -0.342. The second-order valence-corrected chi connectivity index (χ2v) is 3.71. The molecule has 0 atom stereocenters. The van der Waals surface area contributed by atoms with Gasteiger partial charge in [-0.1, -0.05) is 0 Å². The second kappa shape index (κ2) is 4.37. The van der Waals surface area contributed by atoms with E-state index in [4.69, 9.17) is 4.74 Å². The first-order chi connectivity index (χ1) is 6.53. The first-order valence-electron chi connectivity index (χ1n) is 4.43. The number of nitrogens with one attached hydrogen (secondary N) is 1. The Balaban J connectivity index is 2.54. The number of halogens is 1. The SMILES string of the molecule is COC(C)(C)CNc1cncc(F)c1. The van der Waals surface area contributed by atoms with Crippen molar-refractivity contribution < 1.29 is 9.13 Å². The molecule has 0 aliphatic rings. The van der Waals surface area contributed by atoms with Gasteiger partial charge in [0.25, 0.3) is 0 Å². The standard InChI is InChI=1S/C10H15FN2O/c1-10(2,14-3)7-13-9-4-8(11)5-12-6-9/h4-6,13H,7H2,1-3H3. The molecule has 1 aromatic heterocycles. The molecule has 0 radical (unpaired) electrons. The van der Waals surface area contributed by atoms with Crippen LogP contribution < -0.4 is 5.32 Å². The van der Waals surface area contributed by atoms with Gasteiger partial charge in [-0.15, -0.1) is 0 Å². The average Bonchev–Trinajstić information content (AvgIpc) is 2.15. The van der Waals surface area contributed by atoms with Crippen molar-refractivity contribution in [2.24, 2.45) is 0 Å². The van der Waals surface area contributed by atoms with Crippen LogP contribution in [0.2, 0.25) is 0 Å². The number of pyridine rings is 1. The molecule has 0 amide bonds. The molecule has 1 N–H and O–H groups in total. The molecule has 1 heterocycles. The van der Waals surface area contributed by atoms with Gasteiger partial charge in [-0.2, -0.15) is 0 Å². The largest absolute Gasteiger partial charge is 0.381 e. The molecule has 3 nitrogen and oxygen atoms in total. The van der Waals surface area contributed by atoms with Crippen LogP contribution in [0.3, 0.4) is 0 Å². The molecule has 0 saturated carbocycles. The maximum absolute atomic E-state index is 12.7. The molecule has 0 aliphatic heterocycles. The van der Waals surface area contributed by atoms with E-state index in [1.54, 1.807) is 13.3 Å². The molecule has 0 fully saturated rings. The summed E-state index contributed by atoms with van der Waals surface area (Å²) in [6.45, 7) is 4.51. The summed E-state index contributed by atoms with van der Waals surface area (Å²) < 4.78 is 17.9. The fourth-order valence-corrected chi connectivity index (χ4v) is 0.896. The van der Waals surface area contributed by atoms with Crippen LogP contribution in [0.25, 0.3) is 0 Å². The summed E-state index contributed by atoms with van der Waals surface area (Å²) >= 11 is 0. The first-order valence-corrected chi connectivity index (χ1v) is 4.43. The van der Waals surface area contributed by atoms with E-state index >= 15 is 0 Å². The highest BCUT2D eigenvalue weighted by Gasteiger charge is 2.15. The van der Waals surface area contributed by atoms with E-state index in [0.29, 0.717) is 12.2 Å². The fourth-order valence-electron chi connectivity index (χ4n) is 0.896. The zero-order valence-corrected chi connectivity index (χ0v) is 8.67. The molecular weight excluding hydrogens is 183 g/mol. The van der Waals surface area contributed by atoms with Crippen LogP contribution in [0.1, 0.15) is 13.8 Å². The van der Waals surface area contributed by atoms with Crippen LogP contribution >= 0.6 is 0 Å². The van der Waals surface area contributed by atoms with Crippen LogP contribution in [-0.2, 0) is 4.74 Å². The van der Waals surface area contributed by atoms with Crippen molar-refractivity contribution in [1.29, 1.82) is 0 Å². The van der Waals surface area contributed by atoms with Crippen molar-refractivity contribution in [3.05, 3.63) is 24.3 Å².